The minimum absolute atomic E-state index is 0.888. The van der Waals surface area contributed by atoms with E-state index in [-0.39, 0.29) is 0 Å². The van der Waals surface area contributed by atoms with Crippen molar-refractivity contribution in [2.24, 2.45) is 0 Å². The lowest BCUT2D eigenvalue weighted by Crippen LogP contribution is -2.13. The first-order valence-corrected chi connectivity index (χ1v) is 6.52. The summed E-state index contributed by atoms with van der Waals surface area (Å²) in [6.07, 6.45) is 5.19. The molecular formula is C15H21N3. The van der Waals surface area contributed by atoms with Gasteiger partial charge < -0.3 is 5.32 Å². The molecule has 0 unspecified atom stereocenters. The molecule has 0 spiro atoms. The van der Waals surface area contributed by atoms with Gasteiger partial charge in [0.05, 0.1) is 11.9 Å². The molecular weight excluding hydrogens is 222 g/mol. The van der Waals surface area contributed by atoms with Gasteiger partial charge in [-0.05, 0) is 38.4 Å². The highest BCUT2D eigenvalue weighted by molar-refractivity contribution is 5.42. The minimum atomic E-state index is 0.888. The van der Waals surface area contributed by atoms with Crippen LogP contribution in [-0.2, 0) is 6.54 Å². The number of rotatable bonds is 5. The van der Waals surface area contributed by atoms with Gasteiger partial charge in [-0.2, -0.15) is 5.10 Å². The van der Waals surface area contributed by atoms with Crippen LogP contribution in [0.3, 0.4) is 0 Å². The SMILES string of the molecule is CCCNCc1cnn(-c2ccc(C)cc2C)c1. The Kier molecular flexibility index (Phi) is 4.15. The zero-order chi connectivity index (χ0) is 13.0. The lowest BCUT2D eigenvalue weighted by Gasteiger charge is -2.06. The maximum Gasteiger partial charge on any atom is 0.0675 e. The first-order chi connectivity index (χ1) is 8.70. The molecule has 1 aromatic heterocycles. The molecule has 1 heterocycles. The Labute approximate surface area is 109 Å². The molecule has 0 amide bonds. The number of aromatic nitrogens is 2. The van der Waals surface area contributed by atoms with Gasteiger partial charge in [0.1, 0.15) is 0 Å². The highest BCUT2D eigenvalue weighted by atomic mass is 15.3. The van der Waals surface area contributed by atoms with E-state index in [1.807, 2.05) is 10.9 Å². The van der Waals surface area contributed by atoms with E-state index in [9.17, 15) is 0 Å². The summed E-state index contributed by atoms with van der Waals surface area (Å²) < 4.78 is 1.96. The van der Waals surface area contributed by atoms with Gasteiger partial charge in [0.25, 0.3) is 0 Å². The molecule has 0 fully saturated rings. The molecule has 0 aliphatic carbocycles. The van der Waals surface area contributed by atoms with E-state index in [1.54, 1.807) is 0 Å². The summed E-state index contributed by atoms with van der Waals surface area (Å²) in [6, 6.07) is 6.44. The van der Waals surface area contributed by atoms with Crippen LogP contribution in [0.2, 0.25) is 0 Å². The fraction of sp³-hybridized carbons (Fsp3) is 0.400. The van der Waals surface area contributed by atoms with Gasteiger partial charge in [-0.15, -0.1) is 0 Å². The first kappa shape index (κ1) is 12.8. The third kappa shape index (κ3) is 2.99. The molecule has 3 heteroatoms. The van der Waals surface area contributed by atoms with Crippen molar-refractivity contribution >= 4 is 0 Å². The summed E-state index contributed by atoms with van der Waals surface area (Å²) in [5.41, 5.74) is 4.92. The number of aryl methyl sites for hydroxylation is 2. The normalized spacial score (nSPS) is 10.8. The lowest BCUT2D eigenvalue weighted by atomic mass is 10.1. The standard InChI is InChI=1S/C15H21N3/c1-4-7-16-9-14-10-17-18(11-14)15-6-5-12(2)8-13(15)3/h5-6,8,10-11,16H,4,7,9H2,1-3H3. The molecule has 18 heavy (non-hydrogen) atoms. The van der Waals surface area contributed by atoms with E-state index < -0.39 is 0 Å². The number of hydrogen-bond donors (Lipinski definition) is 1. The average molecular weight is 243 g/mol. The summed E-state index contributed by atoms with van der Waals surface area (Å²) in [6.45, 7) is 8.35. The Bertz CT molecular complexity index is 514. The van der Waals surface area contributed by atoms with Crippen LogP contribution in [0.15, 0.2) is 30.6 Å². The van der Waals surface area contributed by atoms with Gasteiger partial charge in [0, 0.05) is 18.3 Å². The van der Waals surface area contributed by atoms with Crippen molar-refractivity contribution < 1.29 is 0 Å². The molecule has 0 aliphatic heterocycles. The van der Waals surface area contributed by atoms with Crippen LogP contribution in [0.1, 0.15) is 30.0 Å². The second-order valence-corrected chi connectivity index (χ2v) is 4.76. The second kappa shape index (κ2) is 5.83. The number of benzene rings is 1. The minimum Gasteiger partial charge on any atom is -0.313 e. The number of nitrogens with zero attached hydrogens (tertiary/aromatic N) is 2. The maximum absolute atomic E-state index is 4.43. The Morgan fingerprint density at radius 1 is 1.28 bits per heavy atom. The summed E-state index contributed by atoms with van der Waals surface area (Å²) in [5.74, 6) is 0. The quantitative estimate of drug-likeness (QED) is 0.818. The molecule has 1 aromatic carbocycles. The van der Waals surface area contributed by atoms with Gasteiger partial charge in [-0.1, -0.05) is 24.6 Å². The van der Waals surface area contributed by atoms with Crippen LogP contribution in [-0.4, -0.2) is 16.3 Å². The maximum atomic E-state index is 4.43. The van der Waals surface area contributed by atoms with Crippen molar-refractivity contribution in [1.29, 1.82) is 0 Å². The topological polar surface area (TPSA) is 29.9 Å². The Balaban J connectivity index is 2.13. The van der Waals surface area contributed by atoms with Crippen LogP contribution in [0.4, 0.5) is 0 Å². The smallest absolute Gasteiger partial charge is 0.0675 e. The average Bonchev–Trinajstić information content (AvgIpc) is 2.78. The van der Waals surface area contributed by atoms with Gasteiger partial charge in [0.15, 0.2) is 0 Å². The molecule has 2 aromatic rings. The molecule has 0 saturated carbocycles. The van der Waals surface area contributed by atoms with Crippen LogP contribution < -0.4 is 5.32 Å². The first-order valence-electron chi connectivity index (χ1n) is 6.52. The molecule has 96 valence electrons. The van der Waals surface area contributed by atoms with E-state index in [1.165, 1.54) is 16.7 Å². The largest absolute Gasteiger partial charge is 0.313 e. The van der Waals surface area contributed by atoms with Gasteiger partial charge in [-0.25, -0.2) is 4.68 Å². The van der Waals surface area contributed by atoms with Gasteiger partial charge in [0.2, 0.25) is 0 Å². The van der Waals surface area contributed by atoms with Crippen LogP contribution in [0.5, 0.6) is 0 Å². The molecule has 3 nitrogen and oxygen atoms in total. The van der Waals surface area contributed by atoms with E-state index >= 15 is 0 Å². The third-order valence-corrected chi connectivity index (χ3v) is 2.99. The summed E-state index contributed by atoms with van der Waals surface area (Å²) in [5, 5.41) is 7.82. The third-order valence-electron chi connectivity index (χ3n) is 2.99. The van der Waals surface area contributed by atoms with E-state index in [0.29, 0.717) is 0 Å². The highest BCUT2D eigenvalue weighted by Crippen LogP contribution is 2.15. The van der Waals surface area contributed by atoms with E-state index in [4.69, 9.17) is 0 Å². The van der Waals surface area contributed by atoms with Crippen molar-refractivity contribution in [2.45, 2.75) is 33.7 Å². The zero-order valence-corrected chi connectivity index (χ0v) is 11.4. The molecule has 0 saturated heterocycles. The highest BCUT2D eigenvalue weighted by Gasteiger charge is 2.03. The molecule has 2 rings (SSSR count). The zero-order valence-electron chi connectivity index (χ0n) is 11.4. The number of nitrogens with one attached hydrogen (secondary N) is 1. The Morgan fingerprint density at radius 3 is 2.83 bits per heavy atom. The van der Waals surface area contributed by atoms with Gasteiger partial charge in [-0.3, -0.25) is 0 Å². The van der Waals surface area contributed by atoms with Crippen LogP contribution in [0, 0.1) is 13.8 Å². The van der Waals surface area contributed by atoms with Crippen LogP contribution in [0.25, 0.3) is 5.69 Å². The van der Waals surface area contributed by atoms with Crippen molar-refractivity contribution in [2.75, 3.05) is 6.54 Å². The molecule has 0 bridgehead atoms. The summed E-state index contributed by atoms with van der Waals surface area (Å²) >= 11 is 0. The predicted octanol–water partition coefficient (Wildman–Crippen LogP) is 2.99. The molecule has 1 N–H and O–H groups in total. The number of hydrogen-bond acceptors (Lipinski definition) is 2. The summed E-state index contributed by atoms with van der Waals surface area (Å²) in [4.78, 5) is 0. The van der Waals surface area contributed by atoms with E-state index in [2.05, 4.69) is 55.6 Å². The van der Waals surface area contributed by atoms with Gasteiger partial charge >= 0.3 is 0 Å². The van der Waals surface area contributed by atoms with Crippen molar-refractivity contribution in [3.63, 3.8) is 0 Å². The second-order valence-electron chi connectivity index (χ2n) is 4.76. The monoisotopic (exact) mass is 243 g/mol. The lowest BCUT2D eigenvalue weighted by molar-refractivity contribution is 0.675. The Morgan fingerprint density at radius 2 is 2.11 bits per heavy atom. The van der Waals surface area contributed by atoms with E-state index in [0.717, 1.165) is 25.2 Å². The van der Waals surface area contributed by atoms with Crippen molar-refractivity contribution in [3.8, 4) is 5.69 Å². The van der Waals surface area contributed by atoms with Crippen molar-refractivity contribution in [1.82, 2.24) is 15.1 Å². The summed E-state index contributed by atoms with van der Waals surface area (Å²) in [7, 11) is 0. The Hall–Kier alpha value is -1.61. The fourth-order valence-corrected chi connectivity index (χ4v) is 2.06. The van der Waals surface area contributed by atoms with Crippen molar-refractivity contribution in [3.05, 3.63) is 47.3 Å². The predicted molar refractivity (Wildman–Crippen MR) is 75.0 cm³/mol. The molecule has 0 aliphatic rings. The fourth-order valence-electron chi connectivity index (χ4n) is 2.06. The molecule has 0 atom stereocenters. The van der Waals surface area contributed by atoms with Crippen LogP contribution >= 0.6 is 0 Å². The molecule has 0 radical (unpaired) electrons.